The number of rotatable bonds is 2. The Balaban J connectivity index is 2.77. The second-order valence-electron chi connectivity index (χ2n) is 3.99. The Bertz CT molecular complexity index is 572. The van der Waals surface area contributed by atoms with Gasteiger partial charge in [0.2, 0.25) is 5.91 Å². The van der Waals surface area contributed by atoms with Gasteiger partial charge in [0.05, 0.1) is 11.9 Å². The number of aromatic nitrogens is 1. The average molecular weight is 281 g/mol. The van der Waals surface area contributed by atoms with E-state index in [2.05, 4.69) is 20.9 Å². The van der Waals surface area contributed by atoms with Gasteiger partial charge in [-0.25, -0.2) is 0 Å². The van der Waals surface area contributed by atoms with Crippen LogP contribution in [0, 0.1) is 13.8 Å². The van der Waals surface area contributed by atoms with E-state index in [1.165, 1.54) is 0 Å². The predicted octanol–water partition coefficient (Wildman–Crippen LogP) is 2.58. The third-order valence-electron chi connectivity index (χ3n) is 2.78. The van der Waals surface area contributed by atoms with Crippen LogP contribution >= 0.6 is 15.9 Å². The summed E-state index contributed by atoms with van der Waals surface area (Å²) in [6.45, 7) is 4.00. The first kappa shape index (κ1) is 11.2. The molecule has 1 aromatic heterocycles. The average Bonchev–Trinajstić information content (AvgIpc) is 2.51. The third kappa shape index (κ3) is 1.73. The Morgan fingerprint density at radius 2 is 2.12 bits per heavy atom. The zero-order valence-corrected chi connectivity index (χ0v) is 10.8. The van der Waals surface area contributed by atoms with Gasteiger partial charge in [-0.1, -0.05) is 6.07 Å². The van der Waals surface area contributed by atoms with E-state index in [1.54, 1.807) is 0 Å². The highest BCUT2D eigenvalue weighted by Gasteiger charge is 2.14. The standard InChI is InChI=1S/C12H13BrN2O/c1-6-3-4-9(13)12-11(6)8(5-10(14)16)7(2)15-12/h3-4,15H,5H2,1-2H3,(H2,14,16). The molecule has 0 spiro atoms. The molecule has 0 fully saturated rings. The molecule has 0 radical (unpaired) electrons. The molecule has 3 nitrogen and oxygen atoms in total. The number of carbonyl (C=O) groups excluding carboxylic acids is 1. The minimum absolute atomic E-state index is 0.281. The zero-order chi connectivity index (χ0) is 11.9. The van der Waals surface area contributed by atoms with Crippen LogP contribution in [0.3, 0.4) is 0 Å². The number of aromatic amines is 1. The maximum Gasteiger partial charge on any atom is 0.221 e. The van der Waals surface area contributed by atoms with Crippen molar-refractivity contribution in [3.8, 4) is 0 Å². The highest BCUT2D eigenvalue weighted by molar-refractivity contribution is 9.10. The molecule has 16 heavy (non-hydrogen) atoms. The number of primary amides is 1. The lowest BCUT2D eigenvalue weighted by Crippen LogP contribution is -2.14. The number of aryl methyl sites for hydroxylation is 2. The van der Waals surface area contributed by atoms with E-state index in [4.69, 9.17) is 5.73 Å². The molecule has 1 heterocycles. The fourth-order valence-electron chi connectivity index (χ4n) is 2.04. The summed E-state index contributed by atoms with van der Waals surface area (Å²) in [7, 11) is 0. The van der Waals surface area contributed by atoms with Gasteiger partial charge in [-0.2, -0.15) is 0 Å². The van der Waals surface area contributed by atoms with E-state index < -0.39 is 0 Å². The molecule has 0 bridgehead atoms. The fourth-order valence-corrected chi connectivity index (χ4v) is 2.47. The summed E-state index contributed by atoms with van der Waals surface area (Å²) in [6, 6.07) is 4.03. The maximum atomic E-state index is 11.1. The van der Waals surface area contributed by atoms with E-state index in [-0.39, 0.29) is 12.3 Å². The van der Waals surface area contributed by atoms with Crippen molar-refractivity contribution in [1.29, 1.82) is 0 Å². The monoisotopic (exact) mass is 280 g/mol. The number of nitrogens with two attached hydrogens (primary N) is 1. The van der Waals surface area contributed by atoms with Crippen LogP contribution in [0.5, 0.6) is 0 Å². The molecule has 1 amide bonds. The molecule has 1 aromatic carbocycles. The Hall–Kier alpha value is -1.29. The summed E-state index contributed by atoms with van der Waals surface area (Å²) >= 11 is 3.50. The minimum Gasteiger partial charge on any atom is -0.369 e. The summed E-state index contributed by atoms with van der Waals surface area (Å²) < 4.78 is 1.01. The van der Waals surface area contributed by atoms with Crippen LogP contribution in [0.1, 0.15) is 16.8 Å². The van der Waals surface area contributed by atoms with Crippen molar-refractivity contribution < 1.29 is 4.79 Å². The normalized spacial score (nSPS) is 10.9. The number of fused-ring (bicyclic) bond motifs is 1. The van der Waals surface area contributed by atoms with Crippen molar-refractivity contribution >= 4 is 32.7 Å². The summed E-state index contributed by atoms with van der Waals surface area (Å²) in [5.74, 6) is -0.302. The minimum atomic E-state index is -0.302. The number of H-pyrrole nitrogens is 1. The summed E-state index contributed by atoms with van der Waals surface area (Å²) in [5, 5.41) is 1.10. The topological polar surface area (TPSA) is 58.9 Å². The number of nitrogens with one attached hydrogen (secondary N) is 1. The van der Waals surface area contributed by atoms with Crippen LogP contribution in [-0.4, -0.2) is 10.9 Å². The van der Waals surface area contributed by atoms with Crippen LogP contribution in [-0.2, 0) is 11.2 Å². The van der Waals surface area contributed by atoms with Gasteiger partial charge in [-0.3, -0.25) is 4.79 Å². The SMILES string of the molecule is Cc1[nH]c2c(Br)ccc(C)c2c1CC(N)=O. The van der Waals surface area contributed by atoms with E-state index in [0.717, 1.165) is 32.2 Å². The van der Waals surface area contributed by atoms with Crippen molar-refractivity contribution in [3.05, 3.63) is 33.4 Å². The molecule has 3 N–H and O–H groups in total. The molecule has 84 valence electrons. The molecule has 0 saturated carbocycles. The first-order chi connectivity index (χ1) is 7.50. The van der Waals surface area contributed by atoms with Crippen LogP contribution < -0.4 is 5.73 Å². The maximum absolute atomic E-state index is 11.1. The van der Waals surface area contributed by atoms with E-state index >= 15 is 0 Å². The number of carbonyl (C=O) groups is 1. The van der Waals surface area contributed by atoms with Gasteiger partial charge >= 0.3 is 0 Å². The third-order valence-corrected chi connectivity index (χ3v) is 3.44. The van der Waals surface area contributed by atoms with E-state index in [9.17, 15) is 4.79 Å². The van der Waals surface area contributed by atoms with Gasteiger partial charge in [0, 0.05) is 15.6 Å². The van der Waals surface area contributed by atoms with Gasteiger partial charge in [0.25, 0.3) is 0 Å². The predicted molar refractivity (Wildman–Crippen MR) is 68.4 cm³/mol. The van der Waals surface area contributed by atoms with Crippen molar-refractivity contribution in [1.82, 2.24) is 4.98 Å². The van der Waals surface area contributed by atoms with Gasteiger partial charge < -0.3 is 10.7 Å². The second-order valence-corrected chi connectivity index (χ2v) is 4.84. The van der Waals surface area contributed by atoms with Gasteiger partial charge in [-0.05, 0) is 47.0 Å². The molecule has 2 aromatic rings. The fraction of sp³-hybridized carbons (Fsp3) is 0.250. The van der Waals surface area contributed by atoms with Crippen molar-refractivity contribution in [3.63, 3.8) is 0 Å². The quantitative estimate of drug-likeness (QED) is 0.873. The highest BCUT2D eigenvalue weighted by atomic mass is 79.9. The lowest BCUT2D eigenvalue weighted by Gasteiger charge is -2.02. The molecular formula is C12H13BrN2O. The molecule has 0 aliphatic heterocycles. The number of hydrogen-bond acceptors (Lipinski definition) is 1. The number of benzene rings is 1. The lowest BCUT2D eigenvalue weighted by molar-refractivity contribution is -0.117. The lowest BCUT2D eigenvalue weighted by atomic mass is 10.0. The molecular weight excluding hydrogens is 268 g/mol. The Morgan fingerprint density at radius 3 is 2.75 bits per heavy atom. The molecule has 0 aliphatic rings. The highest BCUT2D eigenvalue weighted by Crippen LogP contribution is 2.31. The van der Waals surface area contributed by atoms with Crippen molar-refractivity contribution in [2.24, 2.45) is 5.73 Å². The number of hydrogen-bond donors (Lipinski definition) is 2. The summed E-state index contributed by atoms with van der Waals surface area (Å²) in [5.41, 5.74) is 9.46. The zero-order valence-electron chi connectivity index (χ0n) is 9.23. The van der Waals surface area contributed by atoms with E-state index in [1.807, 2.05) is 26.0 Å². The largest absolute Gasteiger partial charge is 0.369 e. The van der Waals surface area contributed by atoms with Gasteiger partial charge in [0.1, 0.15) is 0 Å². The van der Waals surface area contributed by atoms with Crippen LogP contribution in [0.25, 0.3) is 10.9 Å². The van der Waals surface area contributed by atoms with Crippen LogP contribution in [0.2, 0.25) is 0 Å². The van der Waals surface area contributed by atoms with E-state index in [0.29, 0.717) is 0 Å². The smallest absolute Gasteiger partial charge is 0.221 e. The Kier molecular flexibility index (Phi) is 2.76. The number of amides is 1. The van der Waals surface area contributed by atoms with Crippen molar-refractivity contribution in [2.75, 3.05) is 0 Å². The summed E-state index contributed by atoms with van der Waals surface area (Å²) in [4.78, 5) is 14.3. The molecule has 4 heteroatoms. The van der Waals surface area contributed by atoms with Crippen LogP contribution in [0.4, 0.5) is 0 Å². The molecule has 0 saturated heterocycles. The molecule has 0 atom stereocenters. The van der Waals surface area contributed by atoms with Crippen LogP contribution in [0.15, 0.2) is 16.6 Å². The first-order valence-corrected chi connectivity index (χ1v) is 5.84. The van der Waals surface area contributed by atoms with Crippen molar-refractivity contribution in [2.45, 2.75) is 20.3 Å². The van der Waals surface area contributed by atoms with Gasteiger partial charge in [-0.15, -0.1) is 0 Å². The second kappa shape index (κ2) is 3.94. The molecule has 2 rings (SSSR count). The molecule has 0 aliphatic carbocycles. The Morgan fingerprint density at radius 1 is 1.44 bits per heavy atom. The first-order valence-electron chi connectivity index (χ1n) is 5.05. The molecule has 0 unspecified atom stereocenters. The number of halogens is 1. The summed E-state index contributed by atoms with van der Waals surface area (Å²) in [6.07, 6.45) is 0.281. The Labute approximate surface area is 102 Å². The van der Waals surface area contributed by atoms with Gasteiger partial charge in [0.15, 0.2) is 0 Å².